The molecule has 0 aliphatic carbocycles. The van der Waals surface area contributed by atoms with Gasteiger partial charge in [-0.1, -0.05) is 41.6 Å². The number of rotatable bonds is 7. The Morgan fingerprint density at radius 1 is 1.12 bits per heavy atom. The average molecular weight is 443 g/mol. The first-order chi connectivity index (χ1) is 16.1. The molecule has 3 heterocycles. The molecule has 0 saturated heterocycles. The minimum absolute atomic E-state index is 0.108. The van der Waals surface area contributed by atoms with Crippen LogP contribution < -0.4 is 16.1 Å². The Hall–Kier alpha value is -3.73. The Balaban J connectivity index is 1.47. The van der Waals surface area contributed by atoms with Crippen LogP contribution in [0.25, 0.3) is 11.5 Å². The second-order valence-electron chi connectivity index (χ2n) is 7.75. The number of nitrogens with one attached hydrogen (secondary N) is 2. The van der Waals surface area contributed by atoms with Gasteiger partial charge in [-0.3, -0.25) is 0 Å². The number of nitrogens with zero attached hydrogens (tertiary/aromatic N) is 3. The molecule has 0 fully saturated rings. The van der Waals surface area contributed by atoms with Gasteiger partial charge in [0.1, 0.15) is 5.82 Å². The maximum Gasteiger partial charge on any atom is 0.491 e. The second kappa shape index (κ2) is 9.03. The smallest absolute Gasteiger partial charge is 0.423 e. The van der Waals surface area contributed by atoms with Crippen molar-refractivity contribution in [1.29, 1.82) is 0 Å². The van der Waals surface area contributed by atoms with Crippen LogP contribution in [-0.2, 0) is 4.65 Å². The fourth-order valence-corrected chi connectivity index (χ4v) is 3.93. The van der Waals surface area contributed by atoms with Crippen LogP contribution in [0.2, 0.25) is 0 Å². The lowest BCUT2D eigenvalue weighted by Gasteiger charge is -2.20. The van der Waals surface area contributed by atoms with Crippen molar-refractivity contribution in [3.05, 3.63) is 78.2 Å². The first-order valence-electron chi connectivity index (χ1n) is 10.6. The minimum Gasteiger partial charge on any atom is -0.423 e. The predicted molar refractivity (Wildman–Crippen MR) is 124 cm³/mol. The molecule has 4 aromatic rings. The molecule has 4 N–H and O–H groups in total. The quantitative estimate of drug-likeness (QED) is 0.319. The van der Waals surface area contributed by atoms with E-state index in [1.165, 1.54) is 6.33 Å². The van der Waals surface area contributed by atoms with Gasteiger partial charge in [0.05, 0.1) is 30.0 Å². The fourth-order valence-electron chi connectivity index (χ4n) is 3.93. The summed E-state index contributed by atoms with van der Waals surface area (Å²) in [4.78, 5) is 8.65. The standard InChI is InChI=1S/C23H22BN5O4/c1-14-17-9-16(7-8-19(17)24(31)32-14)28-22-10-20(18(11-25-22)23-26-13-27-33-23)29-21(12-30)15-5-3-2-4-6-15/h2-11,13-14,21,30-31H,12H2,1H3,(H2,25,28,29)/t14?,21-/m1/s1. The predicted octanol–water partition coefficient (Wildman–Crippen LogP) is 2.80. The van der Waals surface area contributed by atoms with Crippen LogP contribution in [0.5, 0.6) is 0 Å². The fraction of sp³-hybridized carbons (Fsp3) is 0.174. The first kappa shape index (κ1) is 21.1. The molecule has 33 heavy (non-hydrogen) atoms. The molecule has 0 bridgehead atoms. The largest absolute Gasteiger partial charge is 0.491 e. The van der Waals surface area contributed by atoms with Crippen LogP contribution in [0.3, 0.4) is 0 Å². The zero-order chi connectivity index (χ0) is 22.8. The van der Waals surface area contributed by atoms with E-state index in [-0.39, 0.29) is 18.8 Å². The molecule has 0 saturated carbocycles. The summed E-state index contributed by atoms with van der Waals surface area (Å²) in [5.41, 5.74) is 4.74. The summed E-state index contributed by atoms with van der Waals surface area (Å²) < 4.78 is 10.7. The van der Waals surface area contributed by atoms with E-state index in [0.717, 1.165) is 22.3 Å². The zero-order valence-corrected chi connectivity index (χ0v) is 17.8. The number of aromatic nitrogens is 3. The Kier molecular flexibility index (Phi) is 5.78. The molecular weight excluding hydrogens is 421 g/mol. The van der Waals surface area contributed by atoms with Crippen molar-refractivity contribution in [2.75, 3.05) is 17.2 Å². The normalized spacial score (nSPS) is 15.8. The Labute approximate surface area is 190 Å². The number of pyridine rings is 1. The molecule has 0 amide bonds. The van der Waals surface area contributed by atoms with E-state index in [4.69, 9.17) is 9.18 Å². The van der Waals surface area contributed by atoms with Crippen molar-refractivity contribution >= 4 is 29.8 Å². The van der Waals surface area contributed by atoms with Gasteiger partial charge in [-0.2, -0.15) is 4.98 Å². The summed E-state index contributed by atoms with van der Waals surface area (Å²) >= 11 is 0. The summed E-state index contributed by atoms with van der Waals surface area (Å²) in [6, 6.07) is 16.8. The highest BCUT2D eigenvalue weighted by Gasteiger charge is 2.32. The lowest BCUT2D eigenvalue weighted by Crippen LogP contribution is -2.27. The van der Waals surface area contributed by atoms with E-state index in [1.54, 1.807) is 6.20 Å². The van der Waals surface area contributed by atoms with Crippen LogP contribution in [0.15, 0.2) is 71.6 Å². The minimum atomic E-state index is -0.903. The average Bonchev–Trinajstić information content (AvgIpc) is 3.46. The van der Waals surface area contributed by atoms with Gasteiger partial charge in [-0.05, 0) is 35.6 Å². The lowest BCUT2D eigenvalue weighted by atomic mass is 9.79. The van der Waals surface area contributed by atoms with Gasteiger partial charge in [-0.15, -0.1) is 0 Å². The SMILES string of the molecule is CC1OB(O)c2ccc(Nc3cc(N[C@H](CO)c4ccccc4)c(-c4ncno4)cn3)cc21. The molecule has 2 aromatic carbocycles. The van der Waals surface area contributed by atoms with Gasteiger partial charge < -0.3 is 29.9 Å². The summed E-state index contributed by atoms with van der Waals surface area (Å²) in [6.45, 7) is 1.79. The summed E-state index contributed by atoms with van der Waals surface area (Å²) in [7, 11) is -0.903. The number of fused-ring (bicyclic) bond motifs is 1. The highest BCUT2D eigenvalue weighted by atomic mass is 16.5. The number of hydrogen-bond acceptors (Lipinski definition) is 9. The van der Waals surface area contributed by atoms with E-state index >= 15 is 0 Å². The molecule has 0 spiro atoms. The zero-order valence-electron chi connectivity index (χ0n) is 17.8. The Morgan fingerprint density at radius 3 is 2.73 bits per heavy atom. The maximum atomic E-state index is 10.0. The summed E-state index contributed by atoms with van der Waals surface area (Å²) in [6.07, 6.45) is 2.77. The van der Waals surface area contributed by atoms with Crippen LogP contribution in [-0.4, -0.2) is 39.0 Å². The number of hydrogen-bond donors (Lipinski definition) is 4. The van der Waals surface area contributed by atoms with Gasteiger partial charge >= 0.3 is 7.12 Å². The summed E-state index contributed by atoms with van der Waals surface area (Å²) in [5.74, 6) is 0.899. The van der Waals surface area contributed by atoms with Crippen molar-refractivity contribution in [2.45, 2.75) is 19.1 Å². The molecule has 2 atom stereocenters. The topological polar surface area (TPSA) is 126 Å². The molecule has 1 unspecified atom stereocenters. The van der Waals surface area contributed by atoms with Gasteiger partial charge in [0, 0.05) is 18.0 Å². The molecular formula is C23H22BN5O4. The third-order valence-electron chi connectivity index (χ3n) is 5.61. The van der Waals surface area contributed by atoms with Crippen molar-refractivity contribution in [3.8, 4) is 11.5 Å². The molecule has 166 valence electrons. The van der Waals surface area contributed by atoms with E-state index in [9.17, 15) is 10.1 Å². The number of benzene rings is 2. The highest BCUT2D eigenvalue weighted by Crippen LogP contribution is 2.32. The van der Waals surface area contributed by atoms with Gasteiger partial charge in [0.25, 0.3) is 5.89 Å². The molecule has 1 aliphatic heterocycles. The van der Waals surface area contributed by atoms with Crippen LogP contribution >= 0.6 is 0 Å². The van der Waals surface area contributed by atoms with Crippen LogP contribution in [0.4, 0.5) is 17.2 Å². The molecule has 1 aliphatic rings. The third-order valence-corrected chi connectivity index (χ3v) is 5.61. The van der Waals surface area contributed by atoms with Gasteiger partial charge in [0.2, 0.25) is 0 Å². The second-order valence-corrected chi connectivity index (χ2v) is 7.75. The first-order valence-corrected chi connectivity index (χ1v) is 10.6. The maximum absolute atomic E-state index is 10.0. The third kappa shape index (κ3) is 4.31. The van der Waals surface area contributed by atoms with E-state index in [2.05, 4.69) is 25.8 Å². The van der Waals surface area contributed by atoms with E-state index in [0.29, 0.717) is 23.0 Å². The summed E-state index contributed by atoms with van der Waals surface area (Å²) in [5, 5.41) is 30.4. The lowest BCUT2D eigenvalue weighted by molar-refractivity contribution is 0.209. The van der Waals surface area contributed by atoms with E-state index in [1.807, 2.05) is 61.5 Å². The van der Waals surface area contributed by atoms with Crippen molar-refractivity contribution in [1.82, 2.24) is 15.1 Å². The number of aliphatic hydroxyl groups is 1. The van der Waals surface area contributed by atoms with Crippen LogP contribution in [0, 0.1) is 0 Å². The van der Waals surface area contributed by atoms with Crippen LogP contribution in [0.1, 0.15) is 30.2 Å². The molecule has 5 rings (SSSR count). The molecule has 0 radical (unpaired) electrons. The molecule has 2 aromatic heterocycles. The highest BCUT2D eigenvalue weighted by molar-refractivity contribution is 6.61. The monoisotopic (exact) mass is 443 g/mol. The number of anilines is 3. The van der Waals surface area contributed by atoms with Gasteiger partial charge in [-0.25, -0.2) is 4.98 Å². The Morgan fingerprint density at radius 2 is 1.97 bits per heavy atom. The Bertz CT molecular complexity index is 1240. The molecule has 9 nitrogen and oxygen atoms in total. The van der Waals surface area contributed by atoms with Gasteiger partial charge in [0.15, 0.2) is 6.33 Å². The van der Waals surface area contributed by atoms with Crippen molar-refractivity contribution in [2.24, 2.45) is 0 Å². The number of aliphatic hydroxyl groups excluding tert-OH is 1. The molecule has 10 heteroatoms. The van der Waals surface area contributed by atoms with Crippen molar-refractivity contribution < 1.29 is 19.3 Å². The van der Waals surface area contributed by atoms with Crippen molar-refractivity contribution in [3.63, 3.8) is 0 Å². The van der Waals surface area contributed by atoms with E-state index < -0.39 is 7.12 Å².